The summed E-state index contributed by atoms with van der Waals surface area (Å²) in [6, 6.07) is 3.21. The van der Waals surface area contributed by atoms with Gasteiger partial charge in [-0.3, -0.25) is 4.68 Å². The molecule has 0 saturated heterocycles. The number of benzene rings is 1. The second-order valence-electron chi connectivity index (χ2n) is 4.23. The van der Waals surface area contributed by atoms with Crippen LogP contribution in [0.15, 0.2) is 24.4 Å². The largest absolute Gasteiger partial charge is 0.416 e. The standard InChI is InChI=1S/C12H13F3N4/c1-7-11(6-19(2)18-7)17-10-4-3-8(5-9(10)16)12(13,14)15/h3-6,17H,16H2,1-2H3. The summed E-state index contributed by atoms with van der Waals surface area (Å²) in [5.74, 6) is 0. The number of aromatic nitrogens is 2. The first-order valence-corrected chi connectivity index (χ1v) is 5.51. The van der Waals surface area contributed by atoms with Crippen LogP contribution in [0, 0.1) is 6.92 Å². The molecule has 0 saturated carbocycles. The summed E-state index contributed by atoms with van der Waals surface area (Å²) in [6.45, 7) is 1.79. The number of alkyl halides is 3. The van der Waals surface area contributed by atoms with Crippen molar-refractivity contribution in [3.05, 3.63) is 35.7 Å². The van der Waals surface area contributed by atoms with E-state index in [2.05, 4.69) is 10.4 Å². The Morgan fingerprint density at radius 1 is 1.26 bits per heavy atom. The minimum atomic E-state index is -4.39. The van der Waals surface area contributed by atoms with Crippen LogP contribution >= 0.6 is 0 Å². The molecule has 2 rings (SSSR count). The van der Waals surface area contributed by atoms with Gasteiger partial charge in [-0.15, -0.1) is 0 Å². The number of nitrogens with one attached hydrogen (secondary N) is 1. The number of rotatable bonds is 2. The Hall–Kier alpha value is -2.18. The molecular weight excluding hydrogens is 257 g/mol. The van der Waals surface area contributed by atoms with E-state index in [1.807, 2.05) is 0 Å². The Bertz CT molecular complexity index is 602. The first-order valence-electron chi connectivity index (χ1n) is 5.51. The van der Waals surface area contributed by atoms with E-state index in [1.165, 1.54) is 6.07 Å². The maximum absolute atomic E-state index is 12.5. The summed E-state index contributed by atoms with van der Waals surface area (Å²) in [6.07, 6.45) is -2.66. The number of aryl methyl sites for hydroxylation is 2. The normalized spacial score (nSPS) is 11.6. The van der Waals surface area contributed by atoms with Crippen LogP contribution in [0.5, 0.6) is 0 Å². The van der Waals surface area contributed by atoms with E-state index in [4.69, 9.17) is 5.73 Å². The van der Waals surface area contributed by atoms with Crippen LogP contribution in [-0.2, 0) is 13.2 Å². The van der Waals surface area contributed by atoms with Gasteiger partial charge in [0, 0.05) is 13.2 Å². The molecule has 1 aromatic carbocycles. The average Bonchev–Trinajstić information content (AvgIpc) is 2.59. The Morgan fingerprint density at radius 2 is 1.95 bits per heavy atom. The van der Waals surface area contributed by atoms with Crippen LogP contribution < -0.4 is 11.1 Å². The zero-order valence-electron chi connectivity index (χ0n) is 10.4. The highest BCUT2D eigenvalue weighted by Gasteiger charge is 2.30. The quantitative estimate of drug-likeness (QED) is 0.824. The molecule has 0 atom stereocenters. The number of nitrogens with two attached hydrogens (primary N) is 1. The van der Waals surface area contributed by atoms with E-state index >= 15 is 0 Å². The smallest absolute Gasteiger partial charge is 0.397 e. The predicted octanol–water partition coefficient (Wildman–Crippen LogP) is 3.07. The molecule has 1 heterocycles. The Morgan fingerprint density at radius 3 is 2.42 bits per heavy atom. The maximum Gasteiger partial charge on any atom is 0.416 e. The molecule has 1 aromatic heterocycles. The molecule has 0 amide bonds. The molecule has 2 aromatic rings. The van der Waals surface area contributed by atoms with Crippen LogP contribution in [0.4, 0.5) is 30.2 Å². The van der Waals surface area contributed by atoms with Crippen molar-refractivity contribution in [1.29, 1.82) is 0 Å². The summed E-state index contributed by atoms with van der Waals surface area (Å²) in [5.41, 5.74) is 6.77. The van der Waals surface area contributed by atoms with Gasteiger partial charge in [0.15, 0.2) is 0 Å². The number of hydrogen-bond donors (Lipinski definition) is 2. The van der Waals surface area contributed by atoms with Crippen molar-refractivity contribution in [3.63, 3.8) is 0 Å². The number of nitrogens with zero attached hydrogens (tertiary/aromatic N) is 2. The fraction of sp³-hybridized carbons (Fsp3) is 0.250. The molecule has 0 radical (unpaired) electrons. The van der Waals surface area contributed by atoms with E-state index in [1.54, 1.807) is 24.9 Å². The minimum Gasteiger partial charge on any atom is -0.397 e. The first kappa shape index (κ1) is 13.3. The average molecular weight is 270 g/mol. The fourth-order valence-corrected chi connectivity index (χ4v) is 1.72. The van der Waals surface area contributed by atoms with Gasteiger partial charge in [-0.25, -0.2) is 0 Å². The third-order valence-corrected chi connectivity index (χ3v) is 2.66. The molecule has 0 aliphatic rings. The molecule has 7 heteroatoms. The molecule has 0 aliphatic heterocycles. The number of hydrogen-bond acceptors (Lipinski definition) is 3. The monoisotopic (exact) mass is 270 g/mol. The van der Waals surface area contributed by atoms with Crippen molar-refractivity contribution in [2.24, 2.45) is 7.05 Å². The lowest BCUT2D eigenvalue weighted by molar-refractivity contribution is -0.137. The second-order valence-corrected chi connectivity index (χ2v) is 4.23. The van der Waals surface area contributed by atoms with E-state index in [0.717, 1.165) is 17.8 Å². The molecule has 0 unspecified atom stereocenters. The second kappa shape index (κ2) is 4.49. The van der Waals surface area contributed by atoms with Crippen molar-refractivity contribution in [2.75, 3.05) is 11.1 Å². The molecule has 4 nitrogen and oxygen atoms in total. The lowest BCUT2D eigenvalue weighted by Crippen LogP contribution is -2.06. The SMILES string of the molecule is Cc1nn(C)cc1Nc1ccc(C(F)(F)F)cc1N. The number of nitrogen functional groups attached to an aromatic ring is 1. The van der Waals surface area contributed by atoms with Gasteiger partial charge in [-0.2, -0.15) is 18.3 Å². The fourth-order valence-electron chi connectivity index (χ4n) is 1.72. The predicted molar refractivity (Wildman–Crippen MR) is 67.1 cm³/mol. The van der Waals surface area contributed by atoms with Gasteiger partial charge >= 0.3 is 6.18 Å². The van der Waals surface area contributed by atoms with Gasteiger partial charge in [-0.05, 0) is 25.1 Å². The van der Waals surface area contributed by atoms with E-state index in [0.29, 0.717) is 11.4 Å². The van der Waals surface area contributed by atoms with Crippen LogP contribution in [0.2, 0.25) is 0 Å². The van der Waals surface area contributed by atoms with E-state index < -0.39 is 11.7 Å². The van der Waals surface area contributed by atoms with Gasteiger partial charge in [0.2, 0.25) is 0 Å². The summed E-state index contributed by atoms with van der Waals surface area (Å²) in [4.78, 5) is 0. The zero-order chi connectivity index (χ0) is 14.2. The van der Waals surface area contributed by atoms with Crippen molar-refractivity contribution >= 4 is 17.1 Å². The first-order chi connectivity index (χ1) is 8.77. The van der Waals surface area contributed by atoms with Crippen LogP contribution in [0.25, 0.3) is 0 Å². The van der Waals surface area contributed by atoms with Gasteiger partial charge < -0.3 is 11.1 Å². The lowest BCUT2D eigenvalue weighted by Gasteiger charge is -2.12. The summed E-state index contributed by atoms with van der Waals surface area (Å²) < 4.78 is 39.1. The number of halogens is 3. The molecule has 0 bridgehead atoms. The molecule has 3 N–H and O–H groups in total. The van der Waals surface area contributed by atoms with Crippen LogP contribution in [0.1, 0.15) is 11.3 Å². The molecule has 19 heavy (non-hydrogen) atoms. The minimum absolute atomic E-state index is 0.0399. The van der Waals surface area contributed by atoms with Crippen LogP contribution in [-0.4, -0.2) is 9.78 Å². The van der Waals surface area contributed by atoms with Crippen molar-refractivity contribution in [2.45, 2.75) is 13.1 Å². The Kier molecular flexibility index (Phi) is 3.13. The topological polar surface area (TPSA) is 55.9 Å². The number of anilines is 3. The highest BCUT2D eigenvalue weighted by Crippen LogP contribution is 2.33. The summed E-state index contributed by atoms with van der Waals surface area (Å²) in [5, 5.41) is 7.09. The third-order valence-electron chi connectivity index (χ3n) is 2.66. The van der Waals surface area contributed by atoms with E-state index in [-0.39, 0.29) is 5.69 Å². The zero-order valence-corrected chi connectivity index (χ0v) is 10.4. The Balaban J connectivity index is 2.30. The van der Waals surface area contributed by atoms with Crippen molar-refractivity contribution in [1.82, 2.24) is 9.78 Å². The van der Waals surface area contributed by atoms with Crippen LogP contribution in [0.3, 0.4) is 0 Å². The molecule has 0 spiro atoms. The van der Waals surface area contributed by atoms with Gasteiger partial charge in [0.1, 0.15) is 0 Å². The summed E-state index contributed by atoms with van der Waals surface area (Å²) >= 11 is 0. The Labute approximate surface area is 108 Å². The van der Waals surface area contributed by atoms with Gasteiger partial charge in [0.25, 0.3) is 0 Å². The molecule has 0 fully saturated rings. The van der Waals surface area contributed by atoms with E-state index in [9.17, 15) is 13.2 Å². The molecule has 0 aliphatic carbocycles. The highest BCUT2D eigenvalue weighted by atomic mass is 19.4. The van der Waals surface area contributed by atoms with Gasteiger partial charge in [-0.1, -0.05) is 0 Å². The highest BCUT2D eigenvalue weighted by molar-refractivity contribution is 5.73. The molecular formula is C12H13F3N4. The van der Waals surface area contributed by atoms with Crippen molar-refractivity contribution < 1.29 is 13.2 Å². The summed E-state index contributed by atoms with van der Waals surface area (Å²) in [7, 11) is 1.76. The van der Waals surface area contributed by atoms with Gasteiger partial charge in [0.05, 0.1) is 28.3 Å². The third kappa shape index (κ3) is 2.81. The maximum atomic E-state index is 12.5. The molecule has 102 valence electrons. The van der Waals surface area contributed by atoms with Crippen molar-refractivity contribution in [3.8, 4) is 0 Å². The lowest BCUT2D eigenvalue weighted by atomic mass is 10.1.